The van der Waals surface area contributed by atoms with E-state index in [1.54, 1.807) is 0 Å². The molecule has 1 N–H and O–H groups in total. The van der Waals surface area contributed by atoms with Crippen LogP contribution in [-0.4, -0.2) is 11.5 Å². The molecule has 5 heteroatoms. The Balaban J connectivity index is 1.90. The van der Waals surface area contributed by atoms with Gasteiger partial charge in [0, 0.05) is 6.54 Å². The van der Waals surface area contributed by atoms with Gasteiger partial charge in [0.05, 0.1) is 11.0 Å². The molecule has 0 aliphatic carbocycles. The molecule has 0 saturated carbocycles. The van der Waals surface area contributed by atoms with Crippen LogP contribution in [0.25, 0.3) is 0 Å². The van der Waals surface area contributed by atoms with E-state index >= 15 is 0 Å². The highest BCUT2D eigenvalue weighted by Crippen LogP contribution is 2.24. The van der Waals surface area contributed by atoms with Crippen LogP contribution in [0, 0.1) is 15.9 Å². The van der Waals surface area contributed by atoms with Crippen LogP contribution in [-0.2, 0) is 6.42 Å². The molecule has 0 amide bonds. The number of halogens is 1. The van der Waals surface area contributed by atoms with Crippen molar-refractivity contribution < 1.29 is 9.31 Å². The largest absolute Gasteiger partial charge is 0.379 e. The van der Waals surface area contributed by atoms with E-state index in [1.807, 2.05) is 30.3 Å². The average molecular weight is 274 g/mol. The van der Waals surface area contributed by atoms with E-state index in [0.717, 1.165) is 18.9 Å². The van der Waals surface area contributed by atoms with E-state index in [2.05, 4.69) is 5.32 Å². The summed E-state index contributed by atoms with van der Waals surface area (Å²) in [6.45, 7) is 0.599. The van der Waals surface area contributed by atoms with Gasteiger partial charge in [0.25, 0.3) is 5.69 Å². The van der Waals surface area contributed by atoms with Crippen molar-refractivity contribution in [1.82, 2.24) is 0 Å². The van der Waals surface area contributed by atoms with Gasteiger partial charge in [0.1, 0.15) is 11.5 Å². The van der Waals surface area contributed by atoms with Crippen LogP contribution in [0.1, 0.15) is 12.0 Å². The summed E-state index contributed by atoms with van der Waals surface area (Å²) in [4.78, 5) is 10.2. The standard InChI is InChI=1S/C15H15FN2O2/c16-13-8-9-14(15(11-13)18(19)20)17-10-4-7-12-5-2-1-3-6-12/h1-3,5-6,8-9,11,17H,4,7,10H2. The normalized spacial score (nSPS) is 10.2. The van der Waals surface area contributed by atoms with Gasteiger partial charge < -0.3 is 5.32 Å². The van der Waals surface area contributed by atoms with E-state index in [-0.39, 0.29) is 5.69 Å². The van der Waals surface area contributed by atoms with Gasteiger partial charge in [0.2, 0.25) is 0 Å². The van der Waals surface area contributed by atoms with E-state index in [4.69, 9.17) is 0 Å². The van der Waals surface area contributed by atoms with E-state index in [9.17, 15) is 14.5 Å². The maximum Gasteiger partial charge on any atom is 0.295 e. The molecule has 0 bridgehead atoms. The fraction of sp³-hybridized carbons (Fsp3) is 0.200. The summed E-state index contributed by atoms with van der Waals surface area (Å²) < 4.78 is 13.0. The van der Waals surface area contributed by atoms with Crippen molar-refractivity contribution in [3.63, 3.8) is 0 Å². The molecule has 0 unspecified atom stereocenters. The Morgan fingerprint density at radius 1 is 1.15 bits per heavy atom. The topological polar surface area (TPSA) is 55.2 Å². The molecule has 0 saturated heterocycles. The van der Waals surface area contributed by atoms with Gasteiger partial charge in [0.15, 0.2) is 0 Å². The predicted molar refractivity (Wildman–Crippen MR) is 76.3 cm³/mol. The molecular formula is C15H15FN2O2. The quantitative estimate of drug-likeness (QED) is 0.495. The third kappa shape index (κ3) is 3.78. The second kappa shape index (κ2) is 6.65. The third-order valence-corrected chi connectivity index (χ3v) is 2.96. The van der Waals surface area contributed by atoms with Gasteiger partial charge in [-0.3, -0.25) is 10.1 Å². The van der Waals surface area contributed by atoms with Crippen LogP contribution in [0.15, 0.2) is 48.5 Å². The zero-order valence-electron chi connectivity index (χ0n) is 10.9. The molecule has 2 rings (SSSR count). The summed E-state index contributed by atoms with van der Waals surface area (Å²) in [6, 6.07) is 13.5. The van der Waals surface area contributed by atoms with Crippen LogP contribution < -0.4 is 5.32 Å². The van der Waals surface area contributed by atoms with Crippen molar-refractivity contribution in [2.45, 2.75) is 12.8 Å². The number of nitro benzene ring substituents is 1. The second-order valence-electron chi connectivity index (χ2n) is 4.43. The first-order valence-electron chi connectivity index (χ1n) is 6.38. The van der Waals surface area contributed by atoms with Crippen LogP contribution >= 0.6 is 0 Å². The van der Waals surface area contributed by atoms with Crippen molar-refractivity contribution >= 4 is 11.4 Å². The number of nitro groups is 1. The molecule has 0 aromatic heterocycles. The molecule has 0 heterocycles. The molecule has 2 aromatic carbocycles. The number of anilines is 1. The number of nitrogens with zero attached hydrogens (tertiary/aromatic N) is 1. The maximum absolute atomic E-state index is 13.0. The molecular weight excluding hydrogens is 259 g/mol. The molecule has 4 nitrogen and oxygen atoms in total. The van der Waals surface area contributed by atoms with E-state index < -0.39 is 10.7 Å². The minimum absolute atomic E-state index is 0.232. The number of hydrogen-bond acceptors (Lipinski definition) is 3. The number of nitrogens with one attached hydrogen (secondary N) is 1. The van der Waals surface area contributed by atoms with Crippen molar-refractivity contribution in [3.05, 3.63) is 70.0 Å². The monoisotopic (exact) mass is 274 g/mol. The molecule has 0 radical (unpaired) electrons. The highest BCUT2D eigenvalue weighted by Gasteiger charge is 2.14. The van der Waals surface area contributed by atoms with Gasteiger partial charge in [-0.2, -0.15) is 0 Å². The summed E-state index contributed by atoms with van der Waals surface area (Å²) in [5.74, 6) is -0.605. The summed E-state index contributed by atoms with van der Waals surface area (Å²) in [5.41, 5.74) is 1.34. The molecule has 104 valence electrons. The Morgan fingerprint density at radius 3 is 2.60 bits per heavy atom. The van der Waals surface area contributed by atoms with E-state index in [0.29, 0.717) is 12.2 Å². The Hall–Kier alpha value is -2.43. The minimum atomic E-state index is -0.605. The van der Waals surface area contributed by atoms with Gasteiger partial charge >= 0.3 is 0 Å². The lowest BCUT2D eigenvalue weighted by Gasteiger charge is -2.07. The van der Waals surface area contributed by atoms with Crippen molar-refractivity contribution in [1.29, 1.82) is 0 Å². The molecule has 0 fully saturated rings. The number of rotatable bonds is 6. The maximum atomic E-state index is 13.0. The van der Waals surface area contributed by atoms with Crippen molar-refractivity contribution in [3.8, 4) is 0 Å². The van der Waals surface area contributed by atoms with Gasteiger partial charge in [-0.05, 0) is 30.5 Å². The molecule has 20 heavy (non-hydrogen) atoms. The summed E-state index contributed by atoms with van der Waals surface area (Å²) in [5, 5.41) is 13.8. The fourth-order valence-electron chi connectivity index (χ4n) is 1.97. The minimum Gasteiger partial charge on any atom is -0.379 e. The average Bonchev–Trinajstić information content (AvgIpc) is 2.45. The zero-order chi connectivity index (χ0) is 14.4. The van der Waals surface area contributed by atoms with Crippen LogP contribution in [0.4, 0.5) is 15.8 Å². The highest BCUT2D eigenvalue weighted by molar-refractivity contribution is 5.61. The SMILES string of the molecule is O=[N+]([O-])c1cc(F)ccc1NCCCc1ccccc1. The lowest BCUT2D eigenvalue weighted by Crippen LogP contribution is -2.05. The van der Waals surface area contributed by atoms with Crippen LogP contribution in [0.2, 0.25) is 0 Å². The van der Waals surface area contributed by atoms with Gasteiger partial charge in [-0.25, -0.2) is 4.39 Å². The van der Waals surface area contributed by atoms with Gasteiger partial charge in [-0.1, -0.05) is 30.3 Å². The van der Waals surface area contributed by atoms with Crippen LogP contribution in [0.3, 0.4) is 0 Å². The zero-order valence-corrected chi connectivity index (χ0v) is 10.9. The van der Waals surface area contributed by atoms with Crippen LogP contribution in [0.5, 0.6) is 0 Å². The Bertz CT molecular complexity index is 588. The fourth-order valence-corrected chi connectivity index (χ4v) is 1.97. The molecule has 0 aliphatic heterocycles. The lowest BCUT2D eigenvalue weighted by molar-refractivity contribution is -0.384. The Kier molecular flexibility index (Phi) is 4.65. The predicted octanol–water partition coefficient (Wildman–Crippen LogP) is 3.78. The second-order valence-corrected chi connectivity index (χ2v) is 4.43. The van der Waals surface area contributed by atoms with E-state index in [1.165, 1.54) is 17.7 Å². The Labute approximate surface area is 116 Å². The Morgan fingerprint density at radius 2 is 1.90 bits per heavy atom. The highest BCUT2D eigenvalue weighted by atomic mass is 19.1. The first-order chi connectivity index (χ1) is 9.66. The summed E-state index contributed by atoms with van der Waals surface area (Å²) in [7, 11) is 0. The number of hydrogen-bond donors (Lipinski definition) is 1. The number of benzene rings is 2. The summed E-state index contributed by atoms with van der Waals surface area (Å²) in [6.07, 6.45) is 1.74. The number of aryl methyl sites for hydroxylation is 1. The smallest absolute Gasteiger partial charge is 0.295 e. The molecule has 0 spiro atoms. The third-order valence-electron chi connectivity index (χ3n) is 2.96. The van der Waals surface area contributed by atoms with Gasteiger partial charge in [-0.15, -0.1) is 0 Å². The van der Waals surface area contributed by atoms with Crippen molar-refractivity contribution in [2.75, 3.05) is 11.9 Å². The molecule has 0 atom stereocenters. The first-order valence-corrected chi connectivity index (χ1v) is 6.38. The lowest BCUT2D eigenvalue weighted by atomic mass is 10.1. The summed E-state index contributed by atoms with van der Waals surface area (Å²) >= 11 is 0. The first kappa shape index (κ1) is 14.0. The van der Waals surface area contributed by atoms with Crippen molar-refractivity contribution in [2.24, 2.45) is 0 Å². The molecule has 2 aromatic rings. The molecule has 0 aliphatic rings.